The topological polar surface area (TPSA) is 29.1 Å². The van der Waals surface area contributed by atoms with Crippen LogP contribution >= 0.6 is 0 Å². The maximum atomic E-state index is 13.1. The van der Waals surface area contributed by atoms with E-state index in [2.05, 4.69) is 56.9 Å². The summed E-state index contributed by atoms with van der Waals surface area (Å²) in [7, 11) is 0. The molecule has 5 fully saturated rings. The van der Waals surface area contributed by atoms with Crippen molar-refractivity contribution in [2.75, 3.05) is 26.2 Å². The van der Waals surface area contributed by atoms with E-state index in [-0.39, 0.29) is 5.91 Å². The van der Waals surface area contributed by atoms with Gasteiger partial charge in [0.1, 0.15) is 6.54 Å². The van der Waals surface area contributed by atoms with Crippen LogP contribution in [-0.4, -0.2) is 36.6 Å². The first kappa shape index (κ1) is 30.4. The zero-order valence-corrected chi connectivity index (χ0v) is 27.3. The lowest BCUT2D eigenvalue weighted by molar-refractivity contribution is -0.928. The molecular formula is C39H61N2O+. The third-order valence-electron chi connectivity index (χ3n) is 14.3. The molecule has 0 aromatic heterocycles. The number of amides is 1. The van der Waals surface area contributed by atoms with Crippen LogP contribution in [0.1, 0.15) is 122 Å². The predicted octanol–water partition coefficient (Wildman–Crippen LogP) is 9.02. The van der Waals surface area contributed by atoms with E-state index < -0.39 is 0 Å². The average Bonchev–Trinajstić information content (AvgIpc) is 3.60. The van der Waals surface area contributed by atoms with Crippen LogP contribution in [0.5, 0.6) is 0 Å². The molecule has 0 bridgehead atoms. The lowest BCUT2D eigenvalue weighted by Gasteiger charge is -2.61. The van der Waals surface area contributed by atoms with Crippen LogP contribution in [0.2, 0.25) is 0 Å². The van der Waals surface area contributed by atoms with Gasteiger partial charge in [0.15, 0.2) is 0 Å². The highest BCUT2D eigenvalue weighted by molar-refractivity contribution is 5.75. The van der Waals surface area contributed by atoms with Crippen molar-refractivity contribution in [2.45, 2.75) is 117 Å². The second-order valence-electron chi connectivity index (χ2n) is 16.3. The van der Waals surface area contributed by atoms with Crippen molar-refractivity contribution in [1.29, 1.82) is 0 Å². The van der Waals surface area contributed by atoms with Crippen LogP contribution in [0.3, 0.4) is 0 Å². The van der Waals surface area contributed by atoms with Crippen molar-refractivity contribution in [3.63, 3.8) is 0 Å². The van der Waals surface area contributed by atoms with Gasteiger partial charge in [-0.1, -0.05) is 70.5 Å². The van der Waals surface area contributed by atoms with E-state index in [9.17, 15) is 4.79 Å². The Balaban J connectivity index is 0.985. The Morgan fingerprint density at radius 3 is 2.48 bits per heavy atom. The number of carbonyl (C=O) groups excluding carboxylic acids is 1. The van der Waals surface area contributed by atoms with Crippen molar-refractivity contribution in [1.82, 2.24) is 5.32 Å². The Kier molecular flexibility index (Phi) is 8.99. The van der Waals surface area contributed by atoms with E-state index >= 15 is 0 Å². The normalized spacial score (nSPS) is 37.7. The Morgan fingerprint density at radius 2 is 1.71 bits per heavy atom. The summed E-state index contributed by atoms with van der Waals surface area (Å²) in [6.45, 7) is 17.2. The molecule has 3 heteroatoms. The lowest BCUT2D eigenvalue weighted by atomic mass is 9.44. The van der Waals surface area contributed by atoms with Crippen molar-refractivity contribution in [2.24, 2.45) is 46.3 Å². The SMILES string of the molecule is C=Cc1ccc(C[N+]2(CCNC(=O)CCC(C)[C@H]3CC[C@H]4[C@@H]5CCC6CCCC[C@]6(C)[C@H]5CC[C@]34C)CCCC2)cc1. The zero-order valence-electron chi connectivity index (χ0n) is 27.3. The number of hydrogen-bond donors (Lipinski definition) is 1. The van der Waals surface area contributed by atoms with Gasteiger partial charge in [0.05, 0.1) is 26.2 Å². The molecule has 1 aromatic carbocycles. The van der Waals surface area contributed by atoms with Gasteiger partial charge >= 0.3 is 0 Å². The monoisotopic (exact) mass is 573 g/mol. The fourth-order valence-corrected chi connectivity index (χ4v) is 12.0. The summed E-state index contributed by atoms with van der Waals surface area (Å²) >= 11 is 0. The van der Waals surface area contributed by atoms with Crippen molar-refractivity contribution < 1.29 is 9.28 Å². The molecule has 3 nitrogen and oxygen atoms in total. The number of benzene rings is 1. The Bertz CT molecular complexity index is 1090. The Morgan fingerprint density at radius 1 is 0.952 bits per heavy atom. The first-order valence-corrected chi connectivity index (χ1v) is 18.1. The summed E-state index contributed by atoms with van der Waals surface area (Å²) in [5.74, 6) is 5.65. The van der Waals surface area contributed by atoms with Crippen LogP contribution < -0.4 is 5.32 Å². The van der Waals surface area contributed by atoms with Gasteiger partial charge in [0.2, 0.25) is 5.91 Å². The fraction of sp³-hybridized carbons (Fsp3) is 0.769. The van der Waals surface area contributed by atoms with Gasteiger partial charge in [-0.15, -0.1) is 0 Å². The largest absolute Gasteiger partial charge is 0.350 e. The Hall–Kier alpha value is -1.61. The third kappa shape index (κ3) is 5.78. The molecule has 1 heterocycles. The van der Waals surface area contributed by atoms with Crippen molar-refractivity contribution in [3.05, 3.63) is 42.0 Å². The summed E-state index contributed by atoms with van der Waals surface area (Å²) in [5, 5.41) is 3.35. The average molecular weight is 574 g/mol. The number of fused-ring (bicyclic) bond motifs is 5. The van der Waals surface area contributed by atoms with Crippen LogP contribution in [-0.2, 0) is 11.3 Å². The molecule has 1 N–H and O–H groups in total. The van der Waals surface area contributed by atoms with E-state index in [4.69, 9.17) is 0 Å². The molecule has 6 rings (SSSR count). The van der Waals surface area contributed by atoms with Gasteiger partial charge in [-0.3, -0.25) is 4.79 Å². The highest BCUT2D eigenvalue weighted by Gasteiger charge is 2.60. The van der Waals surface area contributed by atoms with E-state index in [1.165, 1.54) is 101 Å². The number of quaternary nitrogens is 1. The van der Waals surface area contributed by atoms with Gasteiger partial charge in [-0.2, -0.15) is 0 Å². The zero-order chi connectivity index (χ0) is 29.4. The van der Waals surface area contributed by atoms with Gasteiger partial charge < -0.3 is 9.80 Å². The molecule has 4 saturated carbocycles. The number of hydrogen-bond acceptors (Lipinski definition) is 1. The molecule has 1 aliphatic heterocycles. The molecule has 5 aliphatic rings. The number of likely N-dealkylation sites (tertiary alicyclic amines) is 1. The minimum Gasteiger partial charge on any atom is -0.350 e. The maximum absolute atomic E-state index is 13.1. The van der Waals surface area contributed by atoms with Crippen LogP contribution in [0.25, 0.3) is 6.08 Å². The summed E-state index contributed by atoms with van der Waals surface area (Å²) in [6, 6.07) is 8.88. The first-order chi connectivity index (χ1) is 20.3. The number of rotatable bonds is 10. The maximum Gasteiger partial charge on any atom is 0.220 e. The van der Waals surface area contributed by atoms with Crippen LogP contribution in [0.4, 0.5) is 0 Å². The number of nitrogens with one attached hydrogen (secondary N) is 1. The minimum absolute atomic E-state index is 0.279. The minimum atomic E-state index is 0.279. The predicted molar refractivity (Wildman–Crippen MR) is 176 cm³/mol. The molecule has 8 atom stereocenters. The van der Waals surface area contributed by atoms with Crippen LogP contribution in [0, 0.1) is 46.3 Å². The summed E-state index contributed by atoms with van der Waals surface area (Å²) in [6.07, 6.45) is 21.0. The highest BCUT2D eigenvalue weighted by atomic mass is 16.1. The molecule has 0 spiro atoms. The second-order valence-corrected chi connectivity index (χ2v) is 16.3. The fourth-order valence-electron chi connectivity index (χ4n) is 12.0. The standard InChI is InChI=1S/C39H60N2O/c1-5-30-12-14-31(15-13-30)28-41(25-8-9-26-41)27-24-40-37(42)20-11-29(2)34-18-19-35-33-17-16-32-10-6-7-22-38(32,3)36(33)21-23-39(34,35)4/h5,12-15,29,32-36H,1,6-11,16-28H2,2-4H3/p+1/t29?,32?,33-,34+,35-,36-,38-,39+/m0/s1. The Labute approximate surface area is 257 Å². The summed E-state index contributed by atoms with van der Waals surface area (Å²) < 4.78 is 1.12. The lowest BCUT2D eigenvalue weighted by Crippen LogP contribution is -2.53. The molecule has 1 aromatic rings. The third-order valence-corrected chi connectivity index (χ3v) is 14.3. The van der Waals surface area contributed by atoms with E-state index in [1.807, 2.05) is 6.08 Å². The summed E-state index contributed by atoms with van der Waals surface area (Å²) in [4.78, 5) is 13.1. The smallest absolute Gasteiger partial charge is 0.220 e. The molecule has 232 valence electrons. The number of nitrogens with zero attached hydrogens (tertiary/aromatic N) is 1. The molecule has 42 heavy (non-hydrogen) atoms. The van der Waals surface area contributed by atoms with Gasteiger partial charge in [-0.25, -0.2) is 0 Å². The van der Waals surface area contributed by atoms with E-state index in [1.54, 1.807) is 0 Å². The van der Waals surface area contributed by atoms with E-state index in [0.717, 1.165) is 60.1 Å². The molecule has 1 amide bonds. The van der Waals surface area contributed by atoms with Crippen LogP contribution in [0.15, 0.2) is 30.8 Å². The number of carbonyl (C=O) groups is 1. The molecule has 0 radical (unpaired) electrons. The van der Waals surface area contributed by atoms with Crippen molar-refractivity contribution in [3.8, 4) is 0 Å². The van der Waals surface area contributed by atoms with E-state index in [0.29, 0.717) is 23.2 Å². The molecule has 1 saturated heterocycles. The van der Waals surface area contributed by atoms with Gasteiger partial charge in [-0.05, 0) is 110 Å². The highest BCUT2D eigenvalue weighted by Crippen LogP contribution is 2.68. The molecule has 2 unspecified atom stereocenters. The second kappa shape index (κ2) is 12.4. The van der Waals surface area contributed by atoms with Gasteiger partial charge in [0, 0.05) is 24.8 Å². The first-order valence-electron chi connectivity index (χ1n) is 18.1. The van der Waals surface area contributed by atoms with Gasteiger partial charge in [0.25, 0.3) is 0 Å². The quantitative estimate of drug-likeness (QED) is 0.278. The summed E-state index contributed by atoms with van der Waals surface area (Å²) in [5.41, 5.74) is 3.73. The molecular weight excluding hydrogens is 512 g/mol. The van der Waals surface area contributed by atoms with Crippen molar-refractivity contribution >= 4 is 12.0 Å². The molecule has 4 aliphatic carbocycles.